The normalized spacial score (nSPS) is 20.6. The van der Waals surface area contributed by atoms with Crippen molar-refractivity contribution in [2.75, 3.05) is 33.8 Å². The number of nitrogens with one attached hydrogen (secondary N) is 1. The molecule has 27 heavy (non-hydrogen) atoms. The quantitative estimate of drug-likeness (QED) is 0.484. The fraction of sp³-hybridized carbons (Fsp3) is 0.619. The molecule has 1 aromatic rings. The van der Waals surface area contributed by atoms with Crippen molar-refractivity contribution < 1.29 is 9.53 Å². The van der Waals surface area contributed by atoms with Crippen molar-refractivity contribution >= 4 is 23.5 Å². The number of carbonyl (C=O) groups excluding carboxylic acids is 1. The minimum Gasteiger partial charge on any atom is -0.469 e. The second-order valence-electron chi connectivity index (χ2n) is 7.68. The molecule has 0 spiro atoms. The molecule has 0 amide bonds. The number of hydrogen-bond donors (Lipinski definition) is 1. The Hall–Kier alpha value is -1.75. The summed E-state index contributed by atoms with van der Waals surface area (Å²) >= 11 is 6.09. The number of halogens is 1. The van der Waals surface area contributed by atoms with Crippen molar-refractivity contribution in [2.45, 2.75) is 43.9 Å². The van der Waals surface area contributed by atoms with Crippen molar-refractivity contribution in [3.63, 3.8) is 0 Å². The Morgan fingerprint density at radius 1 is 1.26 bits per heavy atom. The second-order valence-corrected chi connectivity index (χ2v) is 8.12. The maximum atomic E-state index is 11.7. The predicted molar refractivity (Wildman–Crippen MR) is 109 cm³/mol. The third-order valence-electron chi connectivity index (χ3n) is 6.14. The van der Waals surface area contributed by atoms with Gasteiger partial charge in [-0.3, -0.25) is 9.79 Å². The van der Waals surface area contributed by atoms with Crippen molar-refractivity contribution in [1.82, 2.24) is 10.2 Å². The van der Waals surface area contributed by atoms with E-state index in [1.54, 1.807) is 0 Å². The highest BCUT2D eigenvalue weighted by Gasteiger charge is 2.36. The number of ether oxygens (including phenoxy) is 1. The van der Waals surface area contributed by atoms with Crippen LogP contribution in [0.3, 0.4) is 0 Å². The number of piperidine rings is 1. The molecule has 0 atom stereocenters. The Bertz CT molecular complexity index is 661. The molecule has 2 aliphatic rings. The van der Waals surface area contributed by atoms with Crippen molar-refractivity contribution in [2.24, 2.45) is 10.9 Å². The third kappa shape index (κ3) is 4.57. The number of aliphatic imine (C=N–C) groups is 1. The first-order valence-corrected chi connectivity index (χ1v) is 10.3. The van der Waals surface area contributed by atoms with Gasteiger partial charge < -0.3 is 15.0 Å². The summed E-state index contributed by atoms with van der Waals surface area (Å²) in [4.78, 5) is 18.5. The van der Waals surface area contributed by atoms with Crippen LogP contribution in [0.25, 0.3) is 0 Å². The number of guanidine groups is 1. The van der Waals surface area contributed by atoms with E-state index < -0.39 is 0 Å². The molecule has 0 aromatic heterocycles. The summed E-state index contributed by atoms with van der Waals surface area (Å²) in [6.45, 7) is 2.53. The Morgan fingerprint density at radius 3 is 2.44 bits per heavy atom. The minimum atomic E-state index is -0.0924. The number of likely N-dealkylation sites (tertiary alicyclic amines) is 1. The van der Waals surface area contributed by atoms with E-state index in [0.29, 0.717) is 0 Å². The molecule has 0 unspecified atom stereocenters. The van der Waals surface area contributed by atoms with Gasteiger partial charge >= 0.3 is 5.97 Å². The van der Waals surface area contributed by atoms with Gasteiger partial charge in [-0.25, -0.2) is 0 Å². The van der Waals surface area contributed by atoms with Crippen LogP contribution in [-0.2, 0) is 14.9 Å². The fourth-order valence-corrected chi connectivity index (χ4v) is 4.62. The zero-order valence-corrected chi connectivity index (χ0v) is 17.1. The van der Waals surface area contributed by atoms with Crippen LogP contribution in [0.4, 0.5) is 0 Å². The molecule has 1 saturated carbocycles. The molecular weight excluding hydrogens is 362 g/mol. The highest BCUT2D eigenvalue weighted by molar-refractivity contribution is 6.30. The molecule has 6 heteroatoms. The first kappa shape index (κ1) is 20.0. The monoisotopic (exact) mass is 391 g/mol. The highest BCUT2D eigenvalue weighted by Crippen LogP contribution is 2.41. The average Bonchev–Trinajstić information content (AvgIpc) is 3.19. The largest absolute Gasteiger partial charge is 0.469 e. The van der Waals surface area contributed by atoms with Crippen molar-refractivity contribution in [3.8, 4) is 0 Å². The van der Waals surface area contributed by atoms with Gasteiger partial charge in [-0.05, 0) is 43.4 Å². The van der Waals surface area contributed by atoms with Crippen LogP contribution >= 0.6 is 11.6 Å². The average molecular weight is 392 g/mol. The maximum Gasteiger partial charge on any atom is 0.308 e. The van der Waals surface area contributed by atoms with Gasteiger partial charge in [0.2, 0.25) is 0 Å². The van der Waals surface area contributed by atoms with Gasteiger partial charge in [0.25, 0.3) is 0 Å². The first-order valence-electron chi connectivity index (χ1n) is 9.87. The summed E-state index contributed by atoms with van der Waals surface area (Å²) in [5, 5.41) is 4.40. The standard InChI is InChI=1S/C21H30ClN3O2/c1-23-20(25-13-9-16(10-14-25)19(26)27-2)24-15-21(11-3-4-12-21)17-5-7-18(22)8-6-17/h5-8,16H,3-4,9-15H2,1-2H3,(H,23,24). The van der Waals surface area contributed by atoms with E-state index >= 15 is 0 Å². The molecular formula is C21H30ClN3O2. The van der Waals surface area contributed by atoms with Gasteiger partial charge in [-0.15, -0.1) is 0 Å². The lowest BCUT2D eigenvalue weighted by atomic mass is 9.79. The number of hydrogen-bond acceptors (Lipinski definition) is 3. The van der Waals surface area contributed by atoms with Crippen LogP contribution in [0.1, 0.15) is 44.1 Å². The van der Waals surface area contributed by atoms with E-state index in [9.17, 15) is 4.79 Å². The van der Waals surface area contributed by atoms with Gasteiger partial charge in [0.05, 0.1) is 13.0 Å². The molecule has 1 aliphatic heterocycles. The third-order valence-corrected chi connectivity index (χ3v) is 6.39. The van der Waals surface area contributed by atoms with E-state index in [1.807, 2.05) is 19.2 Å². The van der Waals surface area contributed by atoms with Gasteiger partial charge in [0, 0.05) is 37.1 Å². The number of nitrogens with zero attached hydrogens (tertiary/aromatic N) is 2. The Labute approximate surface area is 167 Å². The molecule has 2 fully saturated rings. The van der Waals surface area contributed by atoms with Gasteiger partial charge in [-0.2, -0.15) is 0 Å². The van der Waals surface area contributed by atoms with Crippen LogP contribution in [0.15, 0.2) is 29.3 Å². The predicted octanol–water partition coefficient (Wildman–Crippen LogP) is 3.61. The zero-order chi connectivity index (χ0) is 19.3. The number of benzene rings is 1. The molecule has 0 radical (unpaired) electrons. The Morgan fingerprint density at radius 2 is 1.89 bits per heavy atom. The molecule has 1 aromatic carbocycles. The molecule has 1 saturated heterocycles. The lowest BCUT2D eigenvalue weighted by molar-refractivity contribution is -0.146. The van der Waals surface area contributed by atoms with E-state index in [1.165, 1.54) is 38.4 Å². The summed E-state index contributed by atoms with van der Waals surface area (Å²) in [7, 11) is 3.30. The summed E-state index contributed by atoms with van der Waals surface area (Å²) in [5.41, 5.74) is 1.50. The van der Waals surface area contributed by atoms with Crippen LogP contribution < -0.4 is 5.32 Å². The van der Waals surface area contributed by atoms with Crippen LogP contribution in [-0.4, -0.2) is 50.6 Å². The summed E-state index contributed by atoms with van der Waals surface area (Å²) in [6.07, 6.45) is 6.51. The zero-order valence-electron chi connectivity index (χ0n) is 16.3. The Kier molecular flexibility index (Phi) is 6.64. The fourth-order valence-electron chi connectivity index (χ4n) is 4.50. The van der Waals surface area contributed by atoms with E-state index in [4.69, 9.17) is 16.3 Å². The molecule has 1 heterocycles. The number of rotatable bonds is 4. The smallest absolute Gasteiger partial charge is 0.308 e. The summed E-state index contributed by atoms with van der Waals surface area (Å²) in [6, 6.07) is 8.31. The van der Waals surface area contributed by atoms with Crippen LogP contribution in [0.2, 0.25) is 5.02 Å². The van der Waals surface area contributed by atoms with Crippen molar-refractivity contribution in [1.29, 1.82) is 0 Å². The van der Waals surface area contributed by atoms with Gasteiger partial charge in [-0.1, -0.05) is 36.6 Å². The molecule has 5 nitrogen and oxygen atoms in total. The Balaban J connectivity index is 1.63. The lowest BCUT2D eigenvalue weighted by Gasteiger charge is -2.36. The minimum absolute atomic E-state index is 0.0135. The highest BCUT2D eigenvalue weighted by atomic mass is 35.5. The number of esters is 1. The molecule has 1 N–H and O–H groups in total. The SMILES string of the molecule is CN=C(NCC1(c2ccc(Cl)cc2)CCCC1)N1CCC(C(=O)OC)CC1. The van der Waals surface area contributed by atoms with E-state index in [0.717, 1.165) is 43.5 Å². The summed E-state index contributed by atoms with van der Waals surface area (Å²) < 4.78 is 4.88. The molecule has 0 bridgehead atoms. The van der Waals surface area contributed by atoms with Gasteiger partial charge in [0.15, 0.2) is 5.96 Å². The lowest BCUT2D eigenvalue weighted by Crippen LogP contribution is -2.49. The van der Waals surface area contributed by atoms with Gasteiger partial charge in [0.1, 0.15) is 0 Å². The summed E-state index contributed by atoms with van der Waals surface area (Å²) in [5.74, 6) is 0.850. The van der Waals surface area contributed by atoms with E-state index in [2.05, 4.69) is 27.3 Å². The molecule has 1 aliphatic carbocycles. The topological polar surface area (TPSA) is 53.9 Å². The number of methoxy groups -OCH3 is 1. The molecule has 148 valence electrons. The number of carbonyl (C=O) groups is 1. The first-order chi connectivity index (χ1) is 13.1. The van der Waals surface area contributed by atoms with E-state index in [-0.39, 0.29) is 17.3 Å². The second kappa shape index (κ2) is 8.96. The van der Waals surface area contributed by atoms with Crippen molar-refractivity contribution in [3.05, 3.63) is 34.9 Å². The van der Waals surface area contributed by atoms with Crippen LogP contribution in [0.5, 0.6) is 0 Å². The molecule has 3 rings (SSSR count). The van der Waals surface area contributed by atoms with Crippen LogP contribution in [0, 0.1) is 5.92 Å². The maximum absolute atomic E-state index is 11.7.